The summed E-state index contributed by atoms with van der Waals surface area (Å²) < 4.78 is 27.7. The van der Waals surface area contributed by atoms with Gasteiger partial charge in [0.1, 0.15) is 0 Å². The number of aryl methyl sites for hydroxylation is 1. The second kappa shape index (κ2) is 4.18. The van der Waals surface area contributed by atoms with Crippen LogP contribution in [0.15, 0.2) is 4.21 Å². The zero-order valence-corrected chi connectivity index (χ0v) is 11.9. The summed E-state index contributed by atoms with van der Waals surface area (Å²) in [6.45, 7) is 1.68. The molecule has 18 heavy (non-hydrogen) atoms. The highest BCUT2D eigenvalue weighted by atomic mass is 32.2. The number of hydrogen-bond acceptors (Lipinski definition) is 5. The van der Waals surface area contributed by atoms with Gasteiger partial charge in [0, 0.05) is 6.04 Å². The smallest absolute Gasteiger partial charge is 0.252 e. The lowest BCUT2D eigenvalue weighted by Crippen LogP contribution is -2.38. The molecule has 0 saturated heterocycles. The Balaban J connectivity index is 1.81. The summed E-state index contributed by atoms with van der Waals surface area (Å²) >= 11 is 1.04. The fraction of sp³-hybridized carbons (Fsp3) is 0.727. The summed E-state index contributed by atoms with van der Waals surface area (Å²) in [5, 5.41) is 0.306. The number of nitrogens with one attached hydrogen (secondary N) is 1. The van der Waals surface area contributed by atoms with Gasteiger partial charge in [-0.2, -0.15) is 0 Å². The molecule has 2 fully saturated rings. The van der Waals surface area contributed by atoms with Crippen molar-refractivity contribution in [2.45, 2.75) is 42.9 Å². The van der Waals surface area contributed by atoms with Crippen molar-refractivity contribution in [2.75, 3.05) is 5.73 Å². The second-order valence-corrected chi connectivity index (χ2v) is 8.27. The van der Waals surface area contributed by atoms with Crippen molar-refractivity contribution in [1.82, 2.24) is 9.71 Å². The van der Waals surface area contributed by atoms with Crippen LogP contribution in [0.3, 0.4) is 0 Å². The van der Waals surface area contributed by atoms with E-state index in [2.05, 4.69) is 9.71 Å². The van der Waals surface area contributed by atoms with Gasteiger partial charge in [-0.05, 0) is 38.0 Å². The van der Waals surface area contributed by atoms with Gasteiger partial charge in [-0.25, -0.2) is 18.1 Å². The summed E-state index contributed by atoms with van der Waals surface area (Å²) in [5.41, 5.74) is 6.05. The fourth-order valence-corrected chi connectivity index (χ4v) is 5.93. The Morgan fingerprint density at radius 3 is 2.67 bits per heavy atom. The highest BCUT2D eigenvalue weighted by Gasteiger charge is 2.41. The zero-order chi connectivity index (χ0) is 12.9. The Bertz CT molecular complexity index is 567. The molecule has 3 rings (SSSR count). The largest absolute Gasteiger partial charge is 0.375 e. The number of fused-ring (bicyclic) bond motifs is 2. The highest BCUT2D eigenvalue weighted by molar-refractivity contribution is 7.91. The van der Waals surface area contributed by atoms with Gasteiger partial charge in [-0.15, -0.1) is 0 Å². The quantitative estimate of drug-likeness (QED) is 0.882. The lowest BCUT2D eigenvalue weighted by Gasteiger charge is -2.22. The van der Waals surface area contributed by atoms with Crippen LogP contribution >= 0.6 is 11.3 Å². The molecular weight excluding hydrogens is 270 g/mol. The minimum absolute atomic E-state index is 0.108. The number of rotatable bonds is 3. The van der Waals surface area contributed by atoms with E-state index in [1.54, 1.807) is 6.92 Å². The average molecular weight is 287 g/mol. The van der Waals surface area contributed by atoms with Crippen molar-refractivity contribution < 1.29 is 8.42 Å². The van der Waals surface area contributed by atoms with Crippen LogP contribution < -0.4 is 10.5 Å². The predicted octanol–water partition coefficient (Wildman–Crippen LogP) is 1.50. The van der Waals surface area contributed by atoms with Gasteiger partial charge < -0.3 is 5.73 Å². The molecule has 3 unspecified atom stereocenters. The van der Waals surface area contributed by atoms with Crippen LogP contribution in [0.4, 0.5) is 5.13 Å². The van der Waals surface area contributed by atoms with Crippen molar-refractivity contribution >= 4 is 26.5 Å². The summed E-state index contributed by atoms with van der Waals surface area (Å²) in [7, 11) is -3.45. The van der Waals surface area contributed by atoms with Crippen LogP contribution in [0.1, 0.15) is 31.4 Å². The number of sulfonamides is 1. The van der Waals surface area contributed by atoms with Crippen molar-refractivity contribution in [3.05, 3.63) is 5.69 Å². The number of hydrogen-bond donors (Lipinski definition) is 2. The van der Waals surface area contributed by atoms with E-state index in [0.29, 0.717) is 16.7 Å². The van der Waals surface area contributed by atoms with E-state index in [0.717, 1.165) is 30.1 Å². The lowest BCUT2D eigenvalue weighted by atomic mass is 9.96. The number of nitrogens with zero attached hydrogens (tertiary/aromatic N) is 1. The van der Waals surface area contributed by atoms with E-state index >= 15 is 0 Å². The van der Waals surface area contributed by atoms with E-state index < -0.39 is 10.0 Å². The molecule has 2 aliphatic rings. The minimum atomic E-state index is -3.45. The van der Waals surface area contributed by atoms with Gasteiger partial charge >= 0.3 is 0 Å². The molecule has 0 amide bonds. The van der Waals surface area contributed by atoms with Gasteiger partial charge in [0.05, 0.1) is 5.69 Å². The van der Waals surface area contributed by atoms with Crippen LogP contribution in [0.2, 0.25) is 0 Å². The van der Waals surface area contributed by atoms with E-state index in [9.17, 15) is 8.42 Å². The van der Waals surface area contributed by atoms with Crippen LogP contribution in [0.5, 0.6) is 0 Å². The van der Waals surface area contributed by atoms with Crippen molar-refractivity contribution in [2.24, 2.45) is 11.8 Å². The summed E-state index contributed by atoms with van der Waals surface area (Å²) in [4.78, 5) is 3.98. The Morgan fingerprint density at radius 1 is 1.39 bits per heavy atom. The number of thiazole rings is 1. The SMILES string of the molecule is Cc1nc(N)sc1S(=O)(=O)NC1CC2CCC1C2. The summed E-state index contributed by atoms with van der Waals surface area (Å²) in [5.74, 6) is 1.24. The fourth-order valence-electron chi connectivity index (χ4n) is 3.29. The second-order valence-electron chi connectivity index (χ2n) is 5.33. The van der Waals surface area contributed by atoms with Gasteiger partial charge in [0.25, 0.3) is 10.0 Å². The summed E-state index contributed by atoms with van der Waals surface area (Å²) in [6, 6.07) is 0.108. The van der Waals surface area contributed by atoms with E-state index in [1.807, 2.05) is 0 Å². The summed E-state index contributed by atoms with van der Waals surface area (Å²) in [6.07, 6.45) is 4.57. The van der Waals surface area contributed by atoms with Crippen molar-refractivity contribution in [3.63, 3.8) is 0 Å². The Hall–Kier alpha value is -0.660. The van der Waals surface area contributed by atoms with Crippen LogP contribution in [0, 0.1) is 18.8 Å². The molecule has 1 heterocycles. The molecule has 5 nitrogen and oxygen atoms in total. The van der Waals surface area contributed by atoms with Gasteiger partial charge in [0.15, 0.2) is 9.34 Å². The molecule has 0 aliphatic heterocycles. The molecule has 2 saturated carbocycles. The average Bonchev–Trinajstić information content (AvgIpc) is 2.93. The molecule has 0 spiro atoms. The van der Waals surface area contributed by atoms with E-state index in [1.165, 1.54) is 12.8 Å². The molecule has 2 bridgehead atoms. The van der Waals surface area contributed by atoms with E-state index in [4.69, 9.17) is 5.73 Å². The molecule has 3 N–H and O–H groups in total. The van der Waals surface area contributed by atoms with Crippen LogP contribution in [0.25, 0.3) is 0 Å². The first-order valence-corrected chi connectivity index (χ1v) is 8.51. The first-order valence-electron chi connectivity index (χ1n) is 6.21. The van der Waals surface area contributed by atoms with Crippen LogP contribution in [-0.4, -0.2) is 19.4 Å². The highest BCUT2D eigenvalue weighted by Crippen LogP contribution is 2.45. The van der Waals surface area contributed by atoms with Gasteiger partial charge in [-0.1, -0.05) is 17.8 Å². The Labute approximate surface area is 111 Å². The normalized spacial score (nSPS) is 31.1. The first-order chi connectivity index (χ1) is 8.45. The third kappa shape index (κ3) is 2.04. The number of anilines is 1. The standard InChI is InChI=1S/C11H17N3O2S2/c1-6-10(17-11(12)13-6)18(15,16)14-9-5-7-2-3-8(9)4-7/h7-9,14H,2-5H2,1H3,(H2,12,13). The first kappa shape index (κ1) is 12.4. The molecule has 2 aliphatic carbocycles. The molecule has 0 radical (unpaired) electrons. The molecule has 0 aromatic carbocycles. The topological polar surface area (TPSA) is 85.1 Å². The molecule has 1 aromatic heterocycles. The maximum Gasteiger partial charge on any atom is 0.252 e. The Kier molecular flexibility index (Phi) is 2.87. The van der Waals surface area contributed by atoms with E-state index in [-0.39, 0.29) is 10.3 Å². The minimum Gasteiger partial charge on any atom is -0.375 e. The number of nitrogens with two attached hydrogens (primary N) is 1. The number of nitrogen functional groups attached to an aromatic ring is 1. The molecular formula is C11H17N3O2S2. The molecule has 3 atom stereocenters. The maximum absolute atomic E-state index is 12.3. The Morgan fingerprint density at radius 2 is 2.17 bits per heavy atom. The molecule has 100 valence electrons. The third-order valence-corrected chi connectivity index (χ3v) is 7.15. The van der Waals surface area contributed by atoms with Gasteiger partial charge in [-0.3, -0.25) is 0 Å². The molecule has 7 heteroatoms. The van der Waals surface area contributed by atoms with Crippen LogP contribution in [-0.2, 0) is 10.0 Å². The van der Waals surface area contributed by atoms with Crippen molar-refractivity contribution in [3.8, 4) is 0 Å². The third-order valence-electron chi connectivity index (χ3n) is 4.06. The zero-order valence-electron chi connectivity index (χ0n) is 10.2. The monoisotopic (exact) mass is 287 g/mol. The molecule has 1 aromatic rings. The lowest BCUT2D eigenvalue weighted by molar-refractivity contribution is 0.390. The van der Waals surface area contributed by atoms with Crippen molar-refractivity contribution in [1.29, 1.82) is 0 Å². The number of aromatic nitrogens is 1. The predicted molar refractivity (Wildman–Crippen MR) is 70.8 cm³/mol. The maximum atomic E-state index is 12.3. The van der Waals surface area contributed by atoms with Gasteiger partial charge in [0.2, 0.25) is 0 Å².